The highest BCUT2D eigenvalue weighted by Crippen LogP contribution is 2.20. The van der Waals surface area contributed by atoms with E-state index < -0.39 is 28.4 Å². The first kappa shape index (κ1) is 25.1. The number of aryl methyl sites for hydroxylation is 1. The lowest BCUT2D eigenvalue weighted by Crippen LogP contribution is -2.43. The van der Waals surface area contributed by atoms with Gasteiger partial charge in [0.1, 0.15) is 18.3 Å². The molecule has 0 fully saturated rings. The van der Waals surface area contributed by atoms with E-state index in [0.717, 1.165) is 16.7 Å². The van der Waals surface area contributed by atoms with Crippen molar-refractivity contribution in [1.82, 2.24) is 0 Å². The summed E-state index contributed by atoms with van der Waals surface area (Å²) in [4.78, 5) is 0.0524. The molecule has 0 radical (unpaired) electrons. The van der Waals surface area contributed by atoms with Crippen molar-refractivity contribution >= 4 is 10.1 Å². The number of aliphatic hydroxyl groups is 1. The van der Waals surface area contributed by atoms with Gasteiger partial charge in [0, 0.05) is 0 Å². The summed E-state index contributed by atoms with van der Waals surface area (Å²) in [5.41, 5.74) is 2.81. The van der Waals surface area contributed by atoms with Crippen LogP contribution in [-0.4, -0.2) is 38.4 Å². The third-order valence-corrected chi connectivity index (χ3v) is 6.52. The van der Waals surface area contributed by atoms with E-state index in [2.05, 4.69) is 0 Å². The zero-order valence-corrected chi connectivity index (χ0v) is 19.6. The summed E-state index contributed by atoms with van der Waals surface area (Å²) in [7, 11) is -4.03. The molecule has 33 heavy (non-hydrogen) atoms. The molecule has 0 amide bonds. The predicted molar refractivity (Wildman–Crippen MR) is 126 cm³/mol. The second-order valence-electron chi connectivity index (χ2n) is 7.90. The van der Waals surface area contributed by atoms with Gasteiger partial charge < -0.3 is 14.6 Å². The molecular weight excluding hydrogens is 440 g/mol. The molecule has 0 heterocycles. The van der Waals surface area contributed by atoms with E-state index >= 15 is 0 Å². The van der Waals surface area contributed by atoms with E-state index in [9.17, 15) is 13.5 Å². The minimum Gasteiger partial charge on any atom is -0.388 e. The molecule has 0 bridgehead atoms. The minimum atomic E-state index is -4.03. The number of rotatable bonds is 12. The summed E-state index contributed by atoms with van der Waals surface area (Å²) in [6.45, 7) is 3.92. The Labute approximate surface area is 195 Å². The SMILES string of the molecule is Cc1ccc(S(=O)(=O)O[C@H](C)[C@@H](OCc2ccccc2)[C@H](O)COCc2ccccc2)cc1. The van der Waals surface area contributed by atoms with Gasteiger partial charge in [-0.25, -0.2) is 0 Å². The highest BCUT2D eigenvalue weighted by molar-refractivity contribution is 7.86. The molecule has 176 valence electrons. The fraction of sp³-hybridized carbons (Fsp3) is 0.308. The molecule has 0 aliphatic rings. The lowest BCUT2D eigenvalue weighted by atomic mass is 10.1. The van der Waals surface area contributed by atoms with E-state index in [-0.39, 0.29) is 18.1 Å². The summed E-state index contributed by atoms with van der Waals surface area (Å²) in [6, 6.07) is 25.4. The van der Waals surface area contributed by atoms with Gasteiger partial charge in [-0.3, -0.25) is 4.18 Å². The first-order valence-corrected chi connectivity index (χ1v) is 12.2. The van der Waals surface area contributed by atoms with Crippen LogP contribution in [0.25, 0.3) is 0 Å². The van der Waals surface area contributed by atoms with Crippen molar-refractivity contribution in [3.05, 3.63) is 102 Å². The van der Waals surface area contributed by atoms with Crippen molar-refractivity contribution in [3.63, 3.8) is 0 Å². The number of hydrogen-bond acceptors (Lipinski definition) is 6. The lowest BCUT2D eigenvalue weighted by Gasteiger charge is -2.28. The minimum absolute atomic E-state index is 0.0351. The van der Waals surface area contributed by atoms with Gasteiger partial charge in [-0.2, -0.15) is 8.42 Å². The van der Waals surface area contributed by atoms with E-state index in [0.29, 0.717) is 6.61 Å². The Morgan fingerprint density at radius 1 is 0.818 bits per heavy atom. The van der Waals surface area contributed by atoms with Crippen LogP contribution in [0.15, 0.2) is 89.8 Å². The number of hydrogen-bond donors (Lipinski definition) is 1. The zero-order chi connectivity index (χ0) is 23.7. The second-order valence-corrected chi connectivity index (χ2v) is 9.47. The molecule has 3 aromatic rings. The fourth-order valence-corrected chi connectivity index (χ4v) is 4.40. The summed E-state index contributed by atoms with van der Waals surface area (Å²) < 4.78 is 42.6. The van der Waals surface area contributed by atoms with E-state index in [1.165, 1.54) is 12.1 Å². The van der Waals surface area contributed by atoms with Crippen LogP contribution >= 0.6 is 0 Å². The average Bonchev–Trinajstić information content (AvgIpc) is 2.80. The maximum Gasteiger partial charge on any atom is 0.297 e. The molecule has 3 atom stereocenters. The molecule has 0 unspecified atom stereocenters. The molecule has 6 nitrogen and oxygen atoms in total. The molecule has 3 aromatic carbocycles. The van der Waals surface area contributed by atoms with Crippen LogP contribution in [0.2, 0.25) is 0 Å². The Morgan fingerprint density at radius 3 is 1.94 bits per heavy atom. The Hall–Kier alpha value is -2.55. The Morgan fingerprint density at radius 2 is 1.36 bits per heavy atom. The highest BCUT2D eigenvalue weighted by atomic mass is 32.2. The average molecular weight is 471 g/mol. The van der Waals surface area contributed by atoms with Gasteiger partial charge in [0.15, 0.2) is 0 Å². The molecule has 7 heteroatoms. The van der Waals surface area contributed by atoms with Crippen molar-refractivity contribution in [3.8, 4) is 0 Å². The van der Waals surface area contributed by atoms with Crippen LogP contribution in [0.1, 0.15) is 23.6 Å². The van der Waals surface area contributed by atoms with Crippen molar-refractivity contribution < 1.29 is 27.2 Å². The van der Waals surface area contributed by atoms with Gasteiger partial charge in [-0.05, 0) is 37.1 Å². The van der Waals surface area contributed by atoms with Gasteiger partial charge in [-0.15, -0.1) is 0 Å². The zero-order valence-electron chi connectivity index (χ0n) is 18.8. The molecule has 0 spiro atoms. The maximum absolute atomic E-state index is 12.8. The Balaban J connectivity index is 1.68. The largest absolute Gasteiger partial charge is 0.388 e. The molecule has 0 saturated heterocycles. The van der Waals surface area contributed by atoms with E-state index in [4.69, 9.17) is 13.7 Å². The summed E-state index contributed by atoms with van der Waals surface area (Å²) in [5.74, 6) is 0. The lowest BCUT2D eigenvalue weighted by molar-refractivity contribution is -0.116. The second kappa shape index (κ2) is 12.1. The van der Waals surface area contributed by atoms with E-state index in [1.54, 1.807) is 19.1 Å². The van der Waals surface area contributed by atoms with Gasteiger partial charge >= 0.3 is 0 Å². The quantitative estimate of drug-likeness (QED) is 0.399. The number of aliphatic hydroxyl groups excluding tert-OH is 1. The first-order chi connectivity index (χ1) is 15.8. The molecule has 0 aromatic heterocycles. The summed E-state index contributed by atoms with van der Waals surface area (Å²) in [5, 5.41) is 10.8. The van der Waals surface area contributed by atoms with Crippen LogP contribution in [0.3, 0.4) is 0 Å². The van der Waals surface area contributed by atoms with Crippen molar-refractivity contribution in [2.75, 3.05) is 6.61 Å². The normalized spacial score (nSPS) is 14.5. The molecular formula is C26H30O6S. The Kier molecular flexibility index (Phi) is 9.17. The smallest absolute Gasteiger partial charge is 0.297 e. The monoisotopic (exact) mass is 470 g/mol. The van der Waals surface area contributed by atoms with Crippen LogP contribution in [0.4, 0.5) is 0 Å². The van der Waals surface area contributed by atoms with Gasteiger partial charge in [0.05, 0.1) is 24.7 Å². The molecule has 3 rings (SSSR count). The highest BCUT2D eigenvalue weighted by Gasteiger charge is 2.31. The fourth-order valence-electron chi connectivity index (χ4n) is 3.31. The molecule has 0 saturated carbocycles. The first-order valence-electron chi connectivity index (χ1n) is 10.8. The molecule has 0 aliphatic heterocycles. The maximum atomic E-state index is 12.8. The van der Waals surface area contributed by atoms with Crippen LogP contribution in [0.5, 0.6) is 0 Å². The predicted octanol–water partition coefficient (Wildman–Crippen LogP) is 4.25. The van der Waals surface area contributed by atoms with Crippen molar-refractivity contribution in [1.29, 1.82) is 0 Å². The molecule has 0 aliphatic carbocycles. The van der Waals surface area contributed by atoms with Crippen LogP contribution in [-0.2, 0) is 37.0 Å². The van der Waals surface area contributed by atoms with Gasteiger partial charge in [-0.1, -0.05) is 78.4 Å². The van der Waals surface area contributed by atoms with Crippen LogP contribution in [0, 0.1) is 6.92 Å². The van der Waals surface area contributed by atoms with Crippen molar-refractivity contribution in [2.24, 2.45) is 0 Å². The summed E-state index contributed by atoms with van der Waals surface area (Å²) in [6.07, 6.45) is -2.97. The third-order valence-electron chi connectivity index (χ3n) is 5.12. The standard InChI is InChI=1S/C26H30O6S/c1-20-13-15-24(16-14-20)33(28,29)32-21(2)26(31-18-23-11-7-4-8-12-23)25(27)19-30-17-22-9-5-3-6-10-22/h3-16,21,25-27H,17-19H2,1-2H3/t21-,25-,26-/m1/s1. The van der Waals surface area contributed by atoms with Gasteiger partial charge in [0.2, 0.25) is 0 Å². The third kappa shape index (κ3) is 7.77. The van der Waals surface area contributed by atoms with Crippen molar-refractivity contribution in [2.45, 2.75) is 50.3 Å². The topological polar surface area (TPSA) is 82.1 Å². The molecule has 1 N–H and O–H groups in total. The Bertz CT molecular complexity index is 1070. The van der Waals surface area contributed by atoms with Gasteiger partial charge in [0.25, 0.3) is 10.1 Å². The summed E-state index contributed by atoms with van der Waals surface area (Å²) >= 11 is 0. The van der Waals surface area contributed by atoms with E-state index in [1.807, 2.05) is 67.6 Å². The number of ether oxygens (including phenoxy) is 2. The number of benzene rings is 3. The van der Waals surface area contributed by atoms with Crippen LogP contribution < -0.4 is 0 Å².